The fourth-order valence-electron chi connectivity index (χ4n) is 2.79. The van der Waals surface area contributed by atoms with Crippen molar-refractivity contribution in [3.8, 4) is 17.0 Å². The van der Waals surface area contributed by atoms with Gasteiger partial charge in [0, 0.05) is 17.3 Å². The Hall–Kier alpha value is -3.41. The van der Waals surface area contributed by atoms with Gasteiger partial charge in [-0.1, -0.05) is 12.1 Å². The van der Waals surface area contributed by atoms with Crippen molar-refractivity contribution in [3.63, 3.8) is 0 Å². The quantitative estimate of drug-likeness (QED) is 0.735. The second kappa shape index (κ2) is 8.08. The molecule has 0 aliphatic rings. The summed E-state index contributed by atoms with van der Waals surface area (Å²) in [6.45, 7) is 5.72. The van der Waals surface area contributed by atoms with Crippen LogP contribution in [0.3, 0.4) is 0 Å². The van der Waals surface area contributed by atoms with Crippen molar-refractivity contribution in [2.24, 2.45) is 0 Å². The van der Waals surface area contributed by atoms with Crippen LogP contribution in [0.15, 0.2) is 59.4 Å². The van der Waals surface area contributed by atoms with Gasteiger partial charge in [-0.3, -0.25) is 9.59 Å². The van der Waals surface area contributed by atoms with Gasteiger partial charge in [0.05, 0.1) is 12.8 Å². The Labute approximate surface area is 163 Å². The number of aryl methyl sites for hydroxylation is 2. The van der Waals surface area contributed by atoms with Gasteiger partial charge < -0.3 is 10.1 Å². The zero-order valence-corrected chi connectivity index (χ0v) is 16.4. The Morgan fingerprint density at radius 3 is 2.39 bits per heavy atom. The number of nitrogens with zero attached hydrogens (tertiary/aromatic N) is 2. The molecule has 0 saturated heterocycles. The summed E-state index contributed by atoms with van der Waals surface area (Å²) >= 11 is 0. The van der Waals surface area contributed by atoms with E-state index in [-0.39, 0.29) is 11.5 Å². The highest BCUT2D eigenvalue weighted by atomic mass is 16.5. The zero-order valence-electron chi connectivity index (χ0n) is 16.4. The highest BCUT2D eigenvalue weighted by molar-refractivity contribution is 5.93. The summed E-state index contributed by atoms with van der Waals surface area (Å²) in [5.74, 6) is 0.377. The fraction of sp³-hybridized carbons (Fsp3) is 0.227. The summed E-state index contributed by atoms with van der Waals surface area (Å²) < 4.78 is 6.32. The molecule has 0 radical (unpaired) electrons. The molecule has 3 rings (SSSR count). The lowest BCUT2D eigenvalue weighted by molar-refractivity contribution is -0.119. The van der Waals surface area contributed by atoms with Gasteiger partial charge in [0.15, 0.2) is 0 Å². The molecule has 1 amide bonds. The SMILES string of the molecule is COc1ccc(NC(=O)[C@H](C)n2nc(-c3ccc(C)c(C)c3)ccc2=O)cc1. The minimum atomic E-state index is -0.763. The Kier molecular flexibility index (Phi) is 5.59. The van der Waals surface area contributed by atoms with Crippen LogP contribution in [-0.4, -0.2) is 22.8 Å². The van der Waals surface area contributed by atoms with Gasteiger partial charge in [0.25, 0.3) is 5.56 Å². The molecule has 28 heavy (non-hydrogen) atoms. The number of aromatic nitrogens is 2. The Bertz CT molecular complexity index is 1060. The van der Waals surface area contributed by atoms with E-state index < -0.39 is 6.04 Å². The molecular weight excluding hydrogens is 354 g/mol. The van der Waals surface area contributed by atoms with Crippen LogP contribution in [0.2, 0.25) is 0 Å². The highest BCUT2D eigenvalue weighted by Crippen LogP contribution is 2.20. The molecule has 1 N–H and O–H groups in total. The van der Waals surface area contributed by atoms with Crippen molar-refractivity contribution in [2.75, 3.05) is 12.4 Å². The normalized spacial score (nSPS) is 11.7. The maximum atomic E-state index is 12.6. The molecule has 1 aromatic heterocycles. The van der Waals surface area contributed by atoms with Crippen molar-refractivity contribution >= 4 is 11.6 Å². The molecule has 1 heterocycles. The van der Waals surface area contributed by atoms with E-state index in [1.807, 2.05) is 32.0 Å². The van der Waals surface area contributed by atoms with Gasteiger partial charge in [0.1, 0.15) is 11.8 Å². The van der Waals surface area contributed by atoms with E-state index in [1.54, 1.807) is 44.4 Å². The standard InChI is InChI=1S/C22H23N3O3/c1-14-5-6-17(13-15(14)2)20-11-12-21(26)25(24-20)16(3)22(27)23-18-7-9-19(28-4)10-8-18/h5-13,16H,1-4H3,(H,23,27)/t16-/m0/s1. The van der Waals surface area contributed by atoms with Crippen LogP contribution in [-0.2, 0) is 4.79 Å². The van der Waals surface area contributed by atoms with E-state index in [9.17, 15) is 9.59 Å². The summed E-state index contributed by atoms with van der Waals surface area (Å²) in [4.78, 5) is 24.9. The Morgan fingerprint density at radius 1 is 1.04 bits per heavy atom. The topological polar surface area (TPSA) is 73.2 Å². The number of carbonyl (C=O) groups is 1. The van der Waals surface area contributed by atoms with Crippen LogP contribution < -0.4 is 15.6 Å². The monoisotopic (exact) mass is 377 g/mol. The van der Waals surface area contributed by atoms with Crippen LogP contribution in [0.25, 0.3) is 11.3 Å². The minimum absolute atomic E-state index is 0.322. The average molecular weight is 377 g/mol. The molecule has 1 atom stereocenters. The molecule has 0 fully saturated rings. The van der Waals surface area contributed by atoms with E-state index >= 15 is 0 Å². The average Bonchev–Trinajstić information content (AvgIpc) is 2.70. The van der Waals surface area contributed by atoms with Crippen LogP contribution in [0.1, 0.15) is 24.1 Å². The number of methoxy groups -OCH3 is 1. The maximum absolute atomic E-state index is 12.6. The van der Waals surface area contributed by atoms with Gasteiger partial charge in [-0.2, -0.15) is 5.10 Å². The van der Waals surface area contributed by atoms with E-state index in [0.29, 0.717) is 17.1 Å². The number of amides is 1. The van der Waals surface area contributed by atoms with Gasteiger partial charge in [-0.25, -0.2) is 4.68 Å². The summed E-state index contributed by atoms with van der Waals surface area (Å²) in [7, 11) is 1.58. The van der Waals surface area contributed by atoms with Crippen LogP contribution >= 0.6 is 0 Å². The number of ether oxygens (including phenoxy) is 1. The van der Waals surface area contributed by atoms with Gasteiger partial charge in [-0.05, 0) is 68.3 Å². The van der Waals surface area contributed by atoms with E-state index in [2.05, 4.69) is 10.4 Å². The first kappa shape index (κ1) is 19.4. The number of benzene rings is 2. The summed E-state index contributed by atoms with van der Waals surface area (Å²) in [5.41, 5.74) is 4.17. The molecule has 2 aromatic carbocycles. The molecule has 0 saturated carbocycles. The molecule has 0 spiro atoms. The summed E-state index contributed by atoms with van der Waals surface area (Å²) in [6, 6.07) is 15.3. The van der Waals surface area contributed by atoms with E-state index in [4.69, 9.17) is 4.74 Å². The van der Waals surface area contributed by atoms with Crippen molar-refractivity contribution in [1.29, 1.82) is 0 Å². The third-order valence-electron chi connectivity index (χ3n) is 4.73. The Balaban J connectivity index is 1.85. The molecule has 0 aliphatic carbocycles. The molecule has 0 aliphatic heterocycles. The van der Waals surface area contributed by atoms with Crippen molar-refractivity contribution < 1.29 is 9.53 Å². The lowest BCUT2D eigenvalue weighted by atomic mass is 10.0. The summed E-state index contributed by atoms with van der Waals surface area (Å²) in [5, 5.41) is 7.23. The van der Waals surface area contributed by atoms with Gasteiger partial charge >= 0.3 is 0 Å². The fourth-order valence-corrected chi connectivity index (χ4v) is 2.79. The second-order valence-electron chi connectivity index (χ2n) is 6.69. The van der Waals surface area contributed by atoms with Gasteiger partial charge in [0.2, 0.25) is 5.91 Å². The van der Waals surface area contributed by atoms with Gasteiger partial charge in [-0.15, -0.1) is 0 Å². The first-order chi connectivity index (χ1) is 13.4. The van der Waals surface area contributed by atoms with Crippen LogP contribution in [0.5, 0.6) is 5.75 Å². The number of carbonyl (C=O) groups excluding carboxylic acids is 1. The molecule has 0 bridgehead atoms. The zero-order chi connectivity index (χ0) is 20.3. The van der Waals surface area contributed by atoms with Crippen molar-refractivity contribution in [3.05, 3.63) is 76.1 Å². The van der Waals surface area contributed by atoms with Crippen LogP contribution in [0.4, 0.5) is 5.69 Å². The first-order valence-corrected chi connectivity index (χ1v) is 9.01. The summed E-state index contributed by atoms with van der Waals surface area (Å²) in [6.07, 6.45) is 0. The van der Waals surface area contributed by atoms with Crippen molar-refractivity contribution in [2.45, 2.75) is 26.8 Å². The third kappa shape index (κ3) is 4.11. The smallest absolute Gasteiger partial charge is 0.267 e. The third-order valence-corrected chi connectivity index (χ3v) is 4.73. The molecule has 6 heteroatoms. The molecule has 0 unspecified atom stereocenters. The highest BCUT2D eigenvalue weighted by Gasteiger charge is 2.18. The predicted octanol–water partition coefficient (Wildman–Crippen LogP) is 3.74. The Morgan fingerprint density at radius 2 is 1.75 bits per heavy atom. The number of rotatable bonds is 5. The first-order valence-electron chi connectivity index (χ1n) is 9.01. The van der Waals surface area contributed by atoms with E-state index in [0.717, 1.165) is 11.1 Å². The maximum Gasteiger partial charge on any atom is 0.267 e. The molecule has 144 valence electrons. The lowest BCUT2D eigenvalue weighted by Gasteiger charge is -2.15. The largest absolute Gasteiger partial charge is 0.497 e. The predicted molar refractivity (Wildman–Crippen MR) is 110 cm³/mol. The molecular formula is C22H23N3O3. The van der Waals surface area contributed by atoms with E-state index in [1.165, 1.54) is 16.3 Å². The number of hydrogen-bond acceptors (Lipinski definition) is 4. The minimum Gasteiger partial charge on any atom is -0.497 e. The number of hydrogen-bond donors (Lipinski definition) is 1. The second-order valence-corrected chi connectivity index (χ2v) is 6.69. The number of anilines is 1. The van der Waals surface area contributed by atoms with Crippen LogP contribution in [0, 0.1) is 13.8 Å². The number of nitrogens with one attached hydrogen (secondary N) is 1. The molecule has 3 aromatic rings. The molecule has 6 nitrogen and oxygen atoms in total. The lowest BCUT2D eigenvalue weighted by Crippen LogP contribution is -2.33. The van der Waals surface area contributed by atoms with Crippen molar-refractivity contribution in [1.82, 2.24) is 9.78 Å².